The third-order valence-corrected chi connectivity index (χ3v) is 10.6. The molecule has 0 bridgehead atoms. The first-order chi connectivity index (χ1) is 20.6. The summed E-state index contributed by atoms with van der Waals surface area (Å²) >= 11 is 1.73. The van der Waals surface area contributed by atoms with E-state index in [9.17, 15) is 14.7 Å². The van der Waals surface area contributed by atoms with Crippen molar-refractivity contribution in [2.24, 2.45) is 22.7 Å². The van der Waals surface area contributed by atoms with Crippen molar-refractivity contribution in [1.29, 1.82) is 0 Å². The van der Waals surface area contributed by atoms with E-state index in [1.165, 1.54) is 0 Å². The van der Waals surface area contributed by atoms with E-state index in [2.05, 4.69) is 34.2 Å². The van der Waals surface area contributed by atoms with Crippen LogP contribution in [0, 0.1) is 17.8 Å². The number of carbonyl (C=O) groups excluding carboxylic acids is 2. The van der Waals surface area contributed by atoms with E-state index in [1.54, 1.807) is 32.2 Å². The lowest BCUT2D eigenvalue weighted by atomic mass is 9.82. The van der Waals surface area contributed by atoms with Gasteiger partial charge in [0.1, 0.15) is 5.60 Å². The van der Waals surface area contributed by atoms with Gasteiger partial charge in [0.15, 0.2) is 5.78 Å². The molecule has 234 valence electrons. The highest BCUT2D eigenvalue weighted by Gasteiger charge is 2.35. The largest absolute Gasteiger partial charge is 0.384 e. The maximum absolute atomic E-state index is 13.7. The average Bonchev–Trinajstić information content (AvgIpc) is 3.38. The molecule has 9 heteroatoms. The molecule has 2 aliphatic heterocycles. The number of aliphatic imine (C=N–C) groups is 1. The zero-order chi connectivity index (χ0) is 30.6. The average molecular weight is 609 g/mol. The fraction of sp³-hybridized carbons (Fsp3) is 0.647. The topological polar surface area (TPSA) is 113 Å². The van der Waals surface area contributed by atoms with Gasteiger partial charge in [-0.2, -0.15) is 0 Å². The van der Waals surface area contributed by atoms with Crippen molar-refractivity contribution in [2.45, 2.75) is 102 Å². The van der Waals surface area contributed by atoms with Gasteiger partial charge in [-0.15, -0.1) is 11.3 Å². The molecule has 0 radical (unpaired) electrons. The Bertz CT molecular complexity index is 1270. The van der Waals surface area contributed by atoms with Crippen LogP contribution in [0.4, 0.5) is 0 Å². The second kappa shape index (κ2) is 14.1. The number of Topliss-reactive ketones (excluding diaryl/α,β-unsaturated/α-hetero) is 1. The molecule has 1 amide bonds. The second-order valence-electron chi connectivity index (χ2n) is 13.2. The molecular weight excluding hydrogens is 560 g/mol. The van der Waals surface area contributed by atoms with Crippen molar-refractivity contribution in [3.8, 4) is 0 Å². The van der Waals surface area contributed by atoms with Gasteiger partial charge < -0.3 is 20.5 Å². The number of dihydropyridines is 1. The van der Waals surface area contributed by atoms with Gasteiger partial charge in [-0.3, -0.25) is 14.6 Å². The SMILES string of the molecule is CN[C@@H](C)C(=O)N[C@H](C(=O)CC1CCC[C@@H](c2nc(C3=CC(C(C)(C)O)=NC4C=CC=CC34)cs2)CC1)C1CCOCC1. The number of likely N-dealkylation sites (N-methyl/N-ethyl adjacent to an activating group) is 1. The number of fused-ring (bicyclic) bond motifs is 1. The van der Waals surface area contributed by atoms with Crippen LogP contribution < -0.4 is 10.6 Å². The van der Waals surface area contributed by atoms with Crippen molar-refractivity contribution in [3.05, 3.63) is 46.5 Å². The molecule has 8 nitrogen and oxygen atoms in total. The molecule has 4 aliphatic rings. The number of ketones is 1. The van der Waals surface area contributed by atoms with Gasteiger partial charge in [0.25, 0.3) is 0 Å². The van der Waals surface area contributed by atoms with Crippen LogP contribution in [0.5, 0.6) is 0 Å². The summed E-state index contributed by atoms with van der Waals surface area (Å²) in [5, 5.41) is 20.1. The maximum atomic E-state index is 13.7. The number of amides is 1. The number of nitrogens with one attached hydrogen (secondary N) is 2. The predicted molar refractivity (Wildman–Crippen MR) is 172 cm³/mol. The minimum atomic E-state index is -1.02. The van der Waals surface area contributed by atoms with Crippen LogP contribution >= 0.6 is 11.3 Å². The number of ether oxygens (including phenoxy) is 1. The van der Waals surface area contributed by atoms with E-state index >= 15 is 0 Å². The Kier molecular flexibility index (Phi) is 10.5. The Morgan fingerprint density at radius 3 is 2.63 bits per heavy atom. The lowest BCUT2D eigenvalue weighted by Gasteiger charge is -2.31. The summed E-state index contributed by atoms with van der Waals surface area (Å²) in [6.45, 7) is 6.67. The minimum Gasteiger partial charge on any atom is -0.384 e. The predicted octanol–water partition coefficient (Wildman–Crippen LogP) is 5.01. The van der Waals surface area contributed by atoms with E-state index in [-0.39, 0.29) is 35.6 Å². The van der Waals surface area contributed by atoms with Crippen molar-refractivity contribution < 1.29 is 19.4 Å². The van der Waals surface area contributed by atoms with E-state index < -0.39 is 11.6 Å². The molecule has 3 N–H and O–H groups in total. The zero-order valence-corrected chi connectivity index (χ0v) is 26.9. The van der Waals surface area contributed by atoms with Crippen LogP contribution in [-0.4, -0.2) is 71.5 Å². The van der Waals surface area contributed by atoms with E-state index in [0.29, 0.717) is 37.2 Å². The Balaban J connectivity index is 1.24. The van der Waals surface area contributed by atoms with E-state index in [4.69, 9.17) is 14.7 Å². The first kappa shape index (κ1) is 31.9. The molecule has 1 aromatic rings. The van der Waals surface area contributed by atoms with Crippen molar-refractivity contribution in [2.75, 3.05) is 20.3 Å². The number of aliphatic hydroxyl groups is 1. The van der Waals surface area contributed by atoms with Crippen molar-refractivity contribution in [1.82, 2.24) is 15.6 Å². The van der Waals surface area contributed by atoms with Crippen LogP contribution in [0.2, 0.25) is 0 Å². The molecular formula is C34H48N4O4S. The summed E-state index contributed by atoms with van der Waals surface area (Å²) in [5.74, 6) is 1.01. The molecule has 0 aromatic carbocycles. The van der Waals surface area contributed by atoms with Crippen LogP contribution in [0.3, 0.4) is 0 Å². The van der Waals surface area contributed by atoms with Crippen molar-refractivity contribution in [3.63, 3.8) is 0 Å². The highest BCUT2D eigenvalue weighted by atomic mass is 32.1. The summed E-state index contributed by atoms with van der Waals surface area (Å²) < 4.78 is 5.54. The van der Waals surface area contributed by atoms with E-state index in [0.717, 1.165) is 61.2 Å². The van der Waals surface area contributed by atoms with E-state index in [1.807, 2.05) is 19.1 Å². The van der Waals surface area contributed by atoms with Gasteiger partial charge in [0.05, 0.1) is 34.5 Å². The minimum absolute atomic E-state index is 0.0241. The lowest BCUT2D eigenvalue weighted by Crippen LogP contribution is -2.52. The third kappa shape index (κ3) is 7.80. The number of rotatable bonds is 10. The van der Waals surface area contributed by atoms with Crippen molar-refractivity contribution >= 4 is 34.3 Å². The van der Waals surface area contributed by atoms with Crippen LogP contribution in [0.1, 0.15) is 88.8 Å². The standard InChI is InChI=1S/C34H48N4O4S/c1-21(35-4)32(40)38-31(23-14-16-42-17-15-23)29(39)18-22-8-7-9-24(13-12-22)33-37-28(20-43-33)26-19-30(34(2,3)41)36-27-11-6-5-10-25(26)27/h5-6,10-11,19-25,27,31,35,41H,7-9,12-18H2,1-4H3,(H,38,40)/t21-,22?,24+,25?,27?,31-/m0/s1. The molecule has 6 atom stereocenters. The van der Waals surface area contributed by atoms with Crippen LogP contribution in [0.25, 0.3) is 5.57 Å². The zero-order valence-electron chi connectivity index (χ0n) is 26.1. The van der Waals surface area contributed by atoms with Gasteiger partial charge in [-0.1, -0.05) is 30.7 Å². The maximum Gasteiger partial charge on any atom is 0.237 e. The Hall–Kier alpha value is -2.46. The molecule has 0 spiro atoms. The van der Waals surface area contributed by atoms with Gasteiger partial charge in [0.2, 0.25) is 5.91 Å². The summed E-state index contributed by atoms with van der Waals surface area (Å²) in [6, 6.07) is -0.808. The Morgan fingerprint density at radius 2 is 1.88 bits per heavy atom. The normalized spacial score (nSPS) is 27.8. The highest BCUT2D eigenvalue weighted by Crippen LogP contribution is 2.40. The fourth-order valence-electron chi connectivity index (χ4n) is 6.80. The number of carbonyl (C=O) groups is 2. The third-order valence-electron chi connectivity index (χ3n) is 9.63. The number of nitrogens with zero attached hydrogens (tertiary/aromatic N) is 2. The van der Waals surface area contributed by atoms with Crippen LogP contribution in [0.15, 0.2) is 40.8 Å². The smallest absolute Gasteiger partial charge is 0.237 e. The number of hydrogen-bond donors (Lipinski definition) is 3. The van der Waals surface area contributed by atoms with Gasteiger partial charge in [-0.25, -0.2) is 4.98 Å². The Labute approximate surface area is 260 Å². The Morgan fingerprint density at radius 1 is 1.12 bits per heavy atom. The summed E-state index contributed by atoms with van der Waals surface area (Å²) in [7, 11) is 1.76. The van der Waals surface area contributed by atoms with Gasteiger partial charge in [-0.05, 0) is 89.8 Å². The van der Waals surface area contributed by atoms with Gasteiger partial charge >= 0.3 is 0 Å². The lowest BCUT2D eigenvalue weighted by molar-refractivity contribution is -0.131. The number of aromatic nitrogens is 1. The first-order valence-electron chi connectivity index (χ1n) is 16.0. The number of thiazole rings is 1. The molecule has 2 aliphatic carbocycles. The molecule has 2 fully saturated rings. The van der Waals surface area contributed by atoms with Crippen LogP contribution in [-0.2, 0) is 14.3 Å². The molecule has 3 unspecified atom stereocenters. The summed E-state index contributed by atoms with van der Waals surface area (Å²) in [5.41, 5.74) is 1.77. The second-order valence-corrected chi connectivity index (χ2v) is 14.1. The number of allylic oxidation sites excluding steroid dienone is 2. The summed E-state index contributed by atoms with van der Waals surface area (Å²) in [6.07, 6.45) is 17.7. The monoisotopic (exact) mass is 608 g/mol. The molecule has 1 saturated heterocycles. The van der Waals surface area contributed by atoms with Gasteiger partial charge in [0, 0.05) is 36.9 Å². The molecule has 43 heavy (non-hydrogen) atoms. The highest BCUT2D eigenvalue weighted by molar-refractivity contribution is 7.09. The summed E-state index contributed by atoms with van der Waals surface area (Å²) in [4.78, 5) is 36.4. The first-order valence-corrected chi connectivity index (χ1v) is 16.9. The molecule has 1 saturated carbocycles. The number of hydrogen-bond acceptors (Lipinski definition) is 8. The quantitative estimate of drug-likeness (QED) is 0.322. The molecule has 5 rings (SSSR count). The molecule has 1 aromatic heterocycles. The molecule has 3 heterocycles. The fourth-order valence-corrected chi connectivity index (χ4v) is 7.80.